The van der Waals surface area contributed by atoms with Gasteiger partial charge in [0, 0.05) is 0 Å². The largest absolute Gasteiger partial charge is 0.522 e. The highest BCUT2D eigenvalue weighted by Crippen LogP contribution is 2.50. The SMILES string of the molecule is CCCOP(=O)(OF)OCl. The Morgan fingerprint density at radius 3 is 2.60 bits per heavy atom. The van der Waals surface area contributed by atoms with Crippen LogP contribution in [0.4, 0.5) is 4.53 Å². The van der Waals surface area contributed by atoms with Crippen molar-refractivity contribution in [3.63, 3.8) is 0 Å². The van der Waals surface area contributed by atoms with Gasteiger partial charge in [-0.2, -0.15) is 4.08 Å². The lowest BCUT2D eigenvalue weighted by molar-refractivity contribution is -0.0442. The topological polar surface area (TPSA) is 44.8 Å². The molecule has 0 aliphatic carbocycles. The number of hydrogen-bond donors (Lipinski definition) is 0. The Kier molecular flexibility index (Phi) is 5.21. The average molecular weight is 193 g/mol. The molecule has 0 rings (SSSR count). The highest BCUT2D eigenvalue weighted by molar-refractivity contribution is 7.49. The van der Waals surface area contributed by atoms with Crippen molar-refractivity contribution in [2.75, 3.05) is 6.61 Å². The van der Waals surface area contributed by atoms with E-state index in [9.17, 15) is 9.09 Å². The predicted molar refractivity (Wildman–Crippen MR) is 33.0 cm³/mol. The van der Waals surface area contributed by atoms with E-state index in [0.29, 0.717) is 6.42 Å². The van der Waals surface area contributed by atoms with Gasteiger partial charge in [-0.05, 0) is 10.9 Å². The lowest BCUT2D eigenvalue weighted by Gasteiger charge is -2.05. The molecule has 0 heterocycles. The molecule has 0 amide bonds. The Morgan fingerprint density at radius 1 is 1.70 bits per heavy atom. The van der Waals surface area contributed by atoms with E-state index >= 15 is 0 Å². The second kappa shape index (κ2) is 5.04. The van der Waals surface area contributed by atoms with Crippen LogP contribution in [0.1, 0.15) is 13.3 Å². The first kappa shape index (κ1) is 10.3. The Bertz CT molecular complexity index is 124. The van der Waals surface area contributed by atoms with E-state index < -0.39 is 7.82 Å². The average Bonchev–Trinajstić information content (AvgIpc) is 2.00. The molecule has 7 heteroatoms. The number of halogens is 2. The van der Waals surface area contributed by atoms with Gasteiger partial charge in [0.25, 0.3) is 0 Å². The third-order valence-corrected chi connectivity index (χ3v) is 1.97. The molecule has 0 saturated carbocycles. The molecule has 4 nitrogen and oxygen atoms in total. The fourth-order valence-corrected chi connectivity index (χ4v) is 0.944. The summed E-state index contributed by atoms with van der Waals surface area (Å²) in [6.45, 7) is 1.81. The van der Waals surface area contributed by atoms with E-state index in [-0.39, 0.29) is 6.61 Å². The summed E-state index contributed by atoms with van der Waals surface area (Å²) in [5.41, 5.74) is 0. The first-order valence-electron chi connectivity index (χ1n) is 2.53. The van der Waals surface area contributed by atoms with E-state index in [2.05, 4.69) is 25.2 Å². The van der Waals surface area contributed by atoms with Gasteiger partial charge < -0.3 is 0 Å². The van der Waals surface area contributed by atoms with Crippen LogP contribution in [0.3, 0.4) is 0 Å². The summed E-state index contributed by atoms with van der Waals surface area (Å²) in [4.78, 5) is 0. The van der Waals surface area contributed by atoms with Crippen LogP contribution in [0, 0.1) is 0 Å². The molecule has 0 aliphatic rings. The molecule has 10 heavy (non-hydrogen) atoms. The lowest BCUT2D eigenvalue weighted by Crippen LogP contribution is -1.91. The van der Waals surface area contributed by atoms with E-state index in [1.807, 2.05) is 0 Å². The van der Waals surface area contributed by atoms with Gasteiger partial charge in [-0.25, -0.2) is 4.57 Å². The zero-order valence-corrected chi connectivity index (χ0v) is 6.90. The normalized spacial score (nSPS) is 16.7. The number of rotatable bonds is 5. The monoisotopic (exact) mass is 192 g/mol. The molecule has 0 aromatic heterocycles. The van der Waals surface area contributed by atoms with Gasteiger partial charge in [0.05, 0.1) is 18.5 Å². The van der Waals surface area contributed by atoms with Crippen molar-refractivity contribution in [3.05, 3.63) is 0 Å². The zero-order chi connectivity index (χ0) is 8.04. The summed E-state index contributed by atoms with van der Waals surface area (Å²) < 4.78 is 32.6. The van der Waals surface area contributed by atoms with Crippen LogP contribution >= 0.6 is 19.7 Å². The summed E-state index contributed by atoms with van der Waals surface area (Å²) in [5.74, 6) is 0. The standard InChI is InChI=1S/C3H7ClFO4P/c1-2-3-7-10(6,8-4)9-5/h2-3H2,1H3. The molecule has 0 spiro atoms. The fourth-order valence-electron chi connectivity index (χ4n) is 0.254. The molecule has 0 fully saturated rings. The van der Waals surface area contributed by atoms with E-state index in [0.717, 1.165) is 0 Å². The minimum absolute atomic E-state index is 0.0634. The first-order valence-corrected chi connectivity index (χ1v) is 4.30. The van der Waals surface area contributed by atoms with Crippen molar-refractivity contribution >= 4 is 19.7 Å². The maximum atomic E-state index is 11.3. The Hall–Kier alpha value is 0.330. The quantitative estimate of drug-likeness (QED) is 0.628. The minimum Gasteiger partial charge on any atom is -0.284 e. The van der Waals surface area contributed by atoms with Crippen molar-refractivity contribution in [2.24, 2.45) is 0 Å². The molecule has 0 aliphatic heterocycles. The van der Waals surface area contributed by atoms with Crippen molar-refractivity contribution < 1.29 is 22.4 Å². The van der Waals surface area contributed by atoms with Gasteiger partial charge in [-0.15, -0.1) is 0 Å². The van der Waals surface area contributed by atoms with Crippen molar-refractivity contribution in [1.29, 1.82) is 0 Å². The summed E-state index contributed by atoms with van der Waals surface area (Å²) in [6.07, 6.45) is 0.563. The second-order valence-corrected chi connectivity index (χ2v) is 3.26. The van der Waals surface area contributed by atoms with Crippen molar-refractivity contribution in [1.82, 2.24) is 0 Å². The molecule has 0 saturated heterocycles. The number of hydrogen-bond acceptors (Lipinski definition) is 4. The molecule has 0 radical (unpaired) electrons. The summed E-state index contributed by atoms with van der Waals surface area (Å²) >= 11 is 4.59. The minimum atomic E-state index is -4.10. The molecule has 62 valence electrons. The zero-order valence-electron chi connectivity index (χ0n) is 5.25. The third-order valence-electron chi connectivity index (χ3n) is 0.623. The summed E-state index contributed by atoms with van der Waals surface area (Å²) in [6, 6.07) is 0. The molecule has 1 atom stereocenters. The van der Waals surface area contributed by atoms with Crippen LogP contribution in [-0.2, 0) is 17.9 Å². The van der Waals surface area contributed by atoms with E-state index in [1.54, 1.807) is 6.92 Å². The highest BCUT2D eigenvalue weighted by Gasteiger charge is 2.27. The van der Waals surface area contributed by atoms with Gasteiger partial charge >= 0.3 is 7.82 Å². The van der Waals surface area contributed by atoms with Crippen LogP contribution in [-0.4, -0.2) is 6.61 Å². The molecule has 0 aromatic carbocycles. The Labute approximate surface area is 62.9 Å². The smallest absolute Gasteiger partial charge is 0.284 e. The Morgan fingerprint density at radius 2 is 2.30 bits per heavy atom. The maximum Gasteiger partial charge on any atom is 0.522 e. The predicted octanol–water partition coefficient (Wildman–Crippen LogP) is 2.59. The second-order valence-electron chi connectivity index (χ2n) is 1.42. The van der Waals surface area contributed by atoms with Crippen molar-refractivity contribution in [3.8, 4) is 0 Å². The molecule has 0 bridgehead atoms. The van der Waals surface area contributed by atoms with Gasteiger partial charge in [-0.3, -0.25) is 4.52 Å². The van der Waals surface area contributed by atoms with Crippen LogP contribution < -0.4 is 0 Å². The fraction of sp³-hybridized carbons (Fsp3) is 1.00. The van der Waals surface area contributed by atoms with E-state index in [4.69, 9.17) is 0 Å². The molecular weight excluding hydrogens is 185 g/mol. The first-order chi connectivity index (χ1) is 4.68. The van der Waals surface area contributed by atoms with Gasteiger partial charge in [0.1, 0.15) is 0 Å². The summed E-state index contributed by atoms with van der Waals surface area (Å²) in [5, 5.41) is 0. The summed E-state index contributed by atoms with van der Waals surface area (Å²) in [7, 11) is -4.10. The van der Waals surface area contributed by atoms with Crippen molar-refractivity contribution in [2.45, 2.75) is 13.3 Å². The molecule has 0 aromatic rings. The number of phosphoric acid groups is 1. The lowest BCUT2D eigenvalue weighted by atomic mass is 10.5. The molecule has 1 unspecified atom stereocenters. The maximum absolute atomic E-state index is 11.3. The van der Waals surface area contributed by atoms with Gasteiger partial charge in [0.2, 0.25) is 0 Å². The third kappa shape index (κ3) is 3.49. The van der Waals surface area contributed by atoms with E-state index in [1.165, 1.54) is 0 Å². The highest BCUT2D eigenvalue weighted by atomic mass is 35.5. The Balaban J connectivity index is 3.70. The van der Waals surface area contributed by atoms with Crippen LogP contribution in [0.15, 0.2) is 0 Å². The molecular formula is C3H7ClFO4P. The van der Waals surface area contributed by atoms with Gasteiger partial charge in [-0.1, -0.05) is 11.7 Å². The van der Waals surface area contributed by atoms with Crippen LogP contribution in [0.2, 0.25) is 0 Å². The van der Waals surface area contributed by atoms with Gasteiger partial charge in [0.15, 0.2) is 0 Å². The van der Waals surface area contributed by atoms with Crippen LogP contribution in [0.25, 0.3) is 0 Å². The van der Waals surface area contributed by atoms with Crippen LogP contribution in [0.5, 0.6) is 0 Å². The molecule has 0 N–H and O–H groups in total.